The normalized spacial score (nSPS) is 16.4. The van der Waals surface area contributed by atoms with Gasteiger partial charge in [-0.3, -0.25) is 4.79 Å². The van der Waals surface area contributed by atoms with Gasteiger partial charge >= 0.3 is 21.8 Å². The number of hydrogen-bond donors (Lipinski definition) is 3. The highest BCUT2D eigenvalue weighted by atomic mass is 31.1. The zero-order chi connectivity index (χ0) is 16.8. The van der Waals surface area contributed by atoms with E-state index in [1.807, 2.05) is 0 Å². The number of carbonyl (C=O) groups excluding carboxylic acids is 1. The number of ketones is 1. The molecule has 3 unspecified atom stereocenters. The third-order valence-corrected chi connectivity index (χ3v) is 4.98. The van der Waals surface area contributed by atoms with Crippen LogP contribution in [-0.4, -0.2) is 20.7 Å². The van der Waals surface area contributed by atoms with Gasteiger partial charge in [-0.25, -0.2) is 0 Å². The van der Waals surface area contributed by atoms with E-state index in [-0.39, 0.29) is 11.1 Å². The minimum atomic E-state index is -3.47. The molecule has 3 atom stereocenters. The molecule has 0 amide bonds. The topological polar surface area (TPSA) is 121 Å². The molecule has 2 aromatic rings. The summed E-state index contributed by atoms with van der Waals surface area (Å²) in [7, 11) is -6.85. The zero-order valence-electron chi connectivity index (χ0n) is 11.4. The highest BCUT2D eigenvalue weighted by Crippen LogP contribution is 2.51. The molecule has 0 saturated heterocycles. The summed E-state index contributed by atoms with van der Waals surface area (Å²) in [6.45, 7) is 0. The average molecular weight is 352 g/mol. The number of fused-ring (bicyclic) bond motifs is 3. The second-order valence-electron chi connectivity index (χ2n) is 4.81. The largest absolute Gasteiger partial charge is 0.702 e. The molecule has 2 aromatic carbocycles. The minimum Gasteiger partial charge on any atom is -0.317 e. The van der Waals surface area contributed by atoms with E-state index in [1.54, 1.807) is 30.3 Å². The minimum absolute atomic E-state index is 0.0227. The monoisotopic (exact) mass is 352 g/mol. The van der Waals surface area contributed by atoms with Crippen LogP contribution in [0.3, 0.4) is 0 Å². The first-order chi connectivity index (χ1) is 10.9. The van der Waals surface area contributed by atoms with Gasteiger partial charge in [0.25, 0.3) is 0 Å². The smallest absolute Gasteiger partial charge is 0.317 e. The number of aliphatic hydroxyl groups is 1. The molecule has 116 valence electrons. The van der Waals surface area contributed by atoms with E-state index < -0.39 is 27.6 Å². The van der Waals surface area contributed by atoms with Crippen molar-refractivity contribution in [3.8, 4) is 11.1 Å². The van der Waals surface area contributed by atoms with Gasteiger partial charge in [0.2, 0.25) is 0 Å². The molecule has 0 aliphatic heterocycles. The van der Waals surface area contributed by atoms with Crippen molar-refractivity contribution in [2.24, 2.45) is 0 Å². The lowest BCUT2D eigenvalue weighted by Crippen LogP contribution is -2.25. The fourth-order valence-electron chi connectivity index (χ4n) is 2.64. The Morgan fingerprint density at radius 3 is 2.13 bits per heavy atom. The Kier molecular flexibility index (Phi) is 3.94. The number of benzene rings is 2. The first-order valence-electron chi connectivity index (χ1n) is 6.37. The molecule has 0 fully saturated rings. The standard InChI is InChI=1S/C14H8O7P2/c15-13-10-5-2-1-4-8(10)9-6-3-7-11(12(9)13)14(16,22(17)18)21-23(19)20/h1-7,16H/p+2. The summed E-state index contributed by atoms with van der Waals surface area (Å²) in [6.07, 6.45) is 0. The highest BCUT2D eigenvalue weighted by molar-refractivity contribution is 7.40. The van der Waals surface area contributed by atoms with Gasteiger partial charge in [-0.15, -0.1) is 4.89 Å². The fraction of sp³-hybridized carbons (Fsp3) is 0.0714. The van der Waals surface area contributed by atoms with Crippen molar-refractivity contribution in [2.45, 2.75) is 5.53 Å². The van der Waals surface area contributed by atoms with Crippen molar-refractivity contribution in [3.63, 3.8) is 0 Å². The predicted molar refractivity (Wildman–Crippen MR) is 79.9 cm³/mol. The maximum absolute atomic E-state index is 12.6. The fourth-order valence-corrected chi connectivity index (χ4v) is 3.84. The summed E-state index contributed by atoms with van der Waals surface area (Å²) in [5.41, 5.74) is -1.87. The van der Waals surface area contributed by atoms with E-state index in [2.05, 4.69) is 4.52 Å². The quantitative estimate of drug-likeness (QED) is 0.487. The van der Waals surface area contributed by atoms with Crippen molar-refractivity contribution >= 4 is 22.1 Å². The van der Waals surface area contributed by atoms with Crippen LogP contribution in [0.2, 0.25) is 0 Å². The second kappa shape index (κ2) is 5.65. The van der Waals surface area contributed by atoms with Crippen molar-refractivity contribution in [2.75, 3.05) is 0 Å². The van der Waals surface area contributed by atoms with Gasteiger partial charge in [0.05, 0.1) is 5.56 Å². The molecule has 0 bridgehead atoms. The van der Waals surface area contributed by atoms with Crippen molar-refractivity contribution in [1.29, 1.82) is 0 Å². The molecule has 7 nitrogen and oxygen atoms in total. The lowest BCUT2D eigenvalue weighted by molar-refractivity contribution is -0.0744. The van der Waals surface area contributed by atoms with Crippen molar-refractivity contribution in [1.82, 2.24) is 0 Å². The van der Waals surface area contributed by atoms with E-state index in [0.717, 1.165) is 0 Å². The molecule has 9 heteroatoms. The Morgan fingerprint density at radius 2 is 1.52 bits per heavy atom. The second-order valence-corrected chi connectivity index (χ2v) is 6.62. The van der Waals surface area contributed by atoms with Crippen LogP contribution in [0, 0.1) is 0 Å². The van der Waals surface area contributed by atoms with Crippen LogP contribution in [0.15, 0.2) is 42.5 Å². The molecule has 0 aromatic heterocycles. The van der Waals surface area contributed by atoms with Crippen LogP contribution in [0.5, 0.6) is 0 Å². The maximum Gasteiger partial charge on any atom is 0.702 e. The Labute approximate surface area is 132 Å². The molecule has 3 rings (SSSR count). The van der Waals surface area contributed by atoms with Crippen LogP contribution in [0.1, 0.15) is 21.5 Å². The van der Waals surface area contributed by atoms with Gasteiger partial charge in [0.15, 0.2) is 5.78 Å². The molecule has 23 heavy (non-hydrogen) atoms. The van der Waals surface area contributed by atoms with Crippen LogP contribution >= 0.6 is 16.3 Å². The Hall–Kier alpha value is -1.85. The molecule has 1 aliphatic carbocycles. The first-order valence-corrected chi connectivity index (χ1v) is 8.72. The Morgan fingerprint density at radius 1 is 0.913 bits per heavy atom. The van der Waals surface area contributed by atoms with Gasteiger partial charge in [0.1, 0.15) is 0 Å². The lowest BCUT2D eigenvalue weighted by atomic mass is 10.0. The van der Waals surface area contributed by atoms with Crippen molar-refractivity contribution in [3.05, 3.63) is 59.2 Å². The lowest BCUT2D eigenvalue weighted by Gasteiger charge is -2.12. The van der Waals surface area contributed by atoms with Crippen LogP contribution in [0.4, 0.5) is 0 Å². The molecule has 0 saturated carbocycles. The Balaban J connectivity index is 2.27. The van der Waals surface area contributed by atoms with E-state index in [0.29, 0.717) is 16.7 Å². The Bertz CT molecular complexity index is 864. The van der Waals surface area contributed by atoms with E-state index in [1.165, 1.54) is 12.1 Å². The van der Waals surface area contributed by atoms with E-state index >= 15 is 0 Å². The van der Waals surface area contributed by atoms with Gasteiger partial charge < -0.3 is 5.11 Å². The van der Waals surface area contributed by atoms with Crippen LogP contribution in [0.25, 0.3) is 11.1 Å². The van der Waals surface area contributed by atoms with E-state index in [4.69, 9.17) is 4.89 Å². The molecule has 0 radical (unpaired) electrons. The van der Waals surface area contributed by atoms with Gasteiger partial charge in [-0.1, -0.05) is 36.4 Å². The third kappa shape index (κ3) is 2.44. The van der Waals surface area contributed by atoms with E-state index in [9.17, 15) is 23.9 Å². The maximum atomic E-state index is 12.6. The zero-order valence-corrected chi connectivity index (χ0v) is 13.2. The van der Waals surface area contributed by atoms with Gasteiger partial charge in [-0.05, 0) is 26.3 Å². The summed E-state index contributed by atoms with van der Waals surface area (Å²) >= 11 is 0. The summed E-state index contributed by atoms with van der Waals surface area (Å²) in [5, 5.41) is 10.3. The average Bonchev–Trinajstić information content (AvgIpc) is 2.80. The summed E-state index contributed by atoms with van der Waals surface area (Å²) in [4.78, 5) is 30.9. The molecular formula is C14H10O7P2+2. The SMILES string of the molecule is O=C1c2ccccc2-c2cccc(C(O)(O[P+](=O)O)[P+](=O)O)c21. The molecule has 0 spiro atoms. The van der Waals surface area contributed by atoms with Gasteiger partial charge in [-0.2, -0.15) is 4.89 Å². The number of rotatable bonds is 4. The molecule has 1 aliphatic rings. The number of carbonyl (C=O) groups is 1. The predicted octanol–water partition coefficient (Wildman–Crippen LogP) is 2.40. The summed E-state index contributed by atoms with van der Waals surface area (Å²) in [5.74, 6) is -0.460. The summed E-state index contributed by atoms with van der Waals surface area (Å²) < 4.78 is 26.9. The third-order valence-electron chi connectivity index (χ3n) is 3.57. The highest BCUT2D eigenvalue weighted by Gasteiger charge is 2.61. The van der Waals surface area contributed by atoms with Gasteiger partial charge in [0, 0.05) is 15.7 Å². The molecule has 3 N–H and O–H groups in total. The molecule has 0 heterocycles. The molecular weight excluding hydrogens is 342 g/mol. The van der Waals surface area contributed by atoms with Crippen molar-refractivity contribution < 1.29 is 33.3 Å². The summed E-state index contributed by atoms with van der Waals surface area (Å²) in [6, 6.07) is 11.0. The number of hydrogen-bond acceptors (Lipinski definition) is 5. The van der Waals surface area contributed by atoms with Crippen LogP contribution < -0.4 is 0 Å². The van der Waals surface area contributed by atoms with Crippen LogP contribution in [-0.2, 0) is 19.2 Å². The first kappa shape index (κ1) is 16.0.